The van der Waals surface area contributed by atoms with Crippen LogP contribution in [0.25, 0.3) is 0 Å². The van der Waals surface area contributed by atoms with Crippen LogP contribution in [0.4, 0.5) is 0 Å². The summed E-state index contributed by atoms with van der Waals surface area (Å²) in [5.74, 6) is 0.112. The highest BCUT2D eigenvalue weighted by atomic mass is 16.2. The van der Waals surface area contributed by atoms with E-state index in [-0.39, 0.29) is 23.9 Å². The molecule has 6 nitrogen and oxygen atoms in total. The van der Waals surface area contributed by atoms with Gasteiger partial charge in [0.25, 0.3) is 0 Å². The molecule has 0 aromatic carbocycles. The molecule has 2 amide bonds. The van der Waals surface area contributed by atoms with Crippen LogP contribution in [-0.4, -0.2) is 72.5 Å². The van der Waals surface area contributed by atoms with Crippen molar-refractivity contribution in [2.24, 2.45) is 0 Å². The molecule has 22 heavy (non-hydrogen) atoms. The summed E-state index contributed by atoms with van der Waals surface area (Å²) in [5, 5.41) is 6.54. The number of piperazine rings is 2. The molecule has 3 unspecified atom stereocenters. The van der Waals surface area contributed by atoms with Crippen molar-refractivity contribution in [1.82, 2.24) is 20.4 Å². The lowest BCUT2D eigenvalue weighted by Crippen LogP contribution is -2.65. The van der Waals surface area contributed by atoms with Crippen LogP contribution in [0.1, 0.15) is 39.0 Å². The SMILES string of the molecule is CCN1CCN(C(=O)CC2NC3CCCCC3NC2=O)CC1. The maximum Gasteiger partial charge on any atom is 0.237 e. The van der Waals surface area contributed by atoms with Gasteiger partial charge in [-0.05, 0) is 19.4 Å². The van der Waals surface area contributed by atoms with Gasteiger partial charge < -0.3 is 20.4 Å². The first-order valence-corrected chi connectivity index (χ1v) is 8.74. The Morgan fingerprint density at radius 2 is 1.82 bits per heavy atom. The Balaban J connectivity index is 1.51. The molecule has 0 aromatic heterocycles. The van der Waals surface area contributed by atoms with Gasteiger partial charge in [0, 0.05) is 38.3 Å². The van der Waals surface area contributed by atoms with Gasteiger partial charge in [0.05, 0.1) is 12.5 Å². The Kier molecular flexibility index (Phi) is 4.98. The van der Waals surface area contributed by atoms with E-state index in [1.807, 2.05) is 4.90 Å². The van der Waals surface area contributed by atoms with Crippen molar-refractivity contribution in [3.05, 3.63) is 0 Å². The summed E-state index contributed by atoms with van der Waals surface area (Å²) in [6.45, 7) is 6.64. The lowest BCUT2D eigenvalue weighted by molar-refractivity contribution is -0.137. The maximum absolute atomic E-state index is 12.5. The predicted octanol–water partition coefficient (Wildman–Crippen LogP) is -0.0602. The van der Waals surface area contributed by atoms with E-state index in [1.165, 1.54) is 12.8 Å². The zero-order valence-corrected chi connectivity index (χ0v) is 13.5. The Morgan fingerprint density at radius 3 is 2.50 bits per heavy atom. The molecule has 3 aliphatic rings. The molecule has 0 spiro atoms. The maximum atomic E-state index is 12.5. The number of carbonyl (C=O) groups is 2. The van der Waals surface area contributed by atoms with Gasteiger partial charge in [0.1, 0.15) is 0 Å². The highest BCUT2D eigenvalue weighted by Crippen LogP contribution is 2.22. The van der Waals surface area contributed by atoms with Crippen LogP contribution in [-0.2, 0) is 9.59 Å². The zero-order chi connectivity index (χ0) is 15.5. The largest absolute Gasteiger partial charge is 0.350 e. The van der Waals surface area contributed by atoms with E-state index in [2.05, 4.69) is 22.5 Å². The van der Waals surface area contributed by atoms with E-state index < -0.39 is 0 Å². The molecule has 1 aliphatic carbocycles. The van der Waals surface area contributed by atoms with E-state index >= 15 is 0 Å². The van der Waals surface area contributed by atoms with Crippen LogP contribution >= 0.6 is 0 Å². The molecule has 6 heteroatoms. The molecule has 124 valence electrons. The van der Waals surface area contributed by atoms with Gasteiger partial charge in [-0.2, -0.15) is 0 Å². The summed E-state index contributed by atoms with van der Waals surface area (Å²) >= 11 is 0. The number of hydrogen-bond donors (Lipinski definition) is 2. The lowest BCUT2D eigenvalue weighted by Gasteiger charge is -2.41. The number of amides is 2. The first-order chi connectivity index (χ1) is 10.7. The fourth-order valence-electron chi connectivity index (χ4n) is 3.89. The highest BCUT2D eigenvalue weighted by Gasteiger charge is 2.37. The molecule has 2 N–H and O–H groups in total. The topological polar surface area (TPSA) is 64.7 Å². The van der Waals surface area contributed by atoms with E-state index in [0.717, 1.165) is 45.6 Å². The van der Waals surface area contributed by atoms with Crippen LogP contribution in [0.2, 0.25) is 0 Å². The number of carbonyl (C=O) groups excluding carboxylic acids is 2. The molecule has 2 aliphatic heterocycles. The summed E-state index contributed by atoms with van der Waals surface area (Å²) in [7, 11) is 0. The fraction of sp³-hybridized carbons (Fsp3) is 0.875. The normalized spacial score (nSPS) is 33.2. The van der Waals surface area contributed by atoms with E-state index in [1.54, 1.807) is 0 Å². The first kappa shape index (κ1) is 15.7. The number of nitrogens with one attached hydrogen (secondary N) is 2. The monoisotopic (exact) mass is 308 g/mol. The average Bonchev–Trinajstić information content (AvgIpc) is 2.55. The third-order valence-corrected chi connectivity index (χ3v) is 5.38. The number of likely N-dealkylation sites (N-methyl/N-ethyl adjacent to an activating group) is 1. The molecule has 2 saturated heterocycles. The molecule has 3 fully saturated rings. The minimum Gasteiger partial charge on any atom is -0.350 e. The average molecular weight is 308 g/mol. The smallest absolute Gasteiger partial charge is 0.237 e. The molecular weight excluding hydrogens is 280 g/mol. The van der Waals surface area contributed by atoms with Crippen LogP contribution in [0, 0.1) is 0 Å². The summed E-state index contributed by atoms with van der Waals surface area (Å²) in [6.07, 6.45) is 4.85. The molecule has 3 rings (SSSR count). The van der Waals surface area contributed by atoms with Gasteiger partial charge in [0.2, 0.25) is 11.8 Å². The standard InChI is InChI=1S/C16H28N4O2/c1-2-19-7-9-20(10-8-19)15(21)11-14-16(22)18-13-6-4-3-5-12(13)17-14/h12-14,17H,2-11H2,1H3,(H,18,22). The Hall–Kier alpha value is -1.14. The predicted molar refractivity (Wildman–Crippen MR) is 84.4 cm³/mol. The fourth-order valence-corrected chi connectivity index (χ4v) is 3.89. The second-order valence-corrected chi connectivity index (χ2v) is 6.74. The van der Waals surface area contributed by atoms with Crippen molar-refractivity contribution >= 4 is 11.8 Å². The first-order valence-electron chi connectivity index (χ1n) is 8.74. The van der Waals surface area contributed by atoms with Gasteiger partial charge in [0.15, 0.2) is 0 Å². The van der Waals surface area contributed by atoms with E-state index in [9.17, 15) is 9.59 Å². The summed E-state index contributed by atoms with van der Waals surface area (Å²) in [5.41, 5.74) is 0. The number of rotatable bonds is 3. The van der Waals surface area contributed by atoms with Crippen LogP contribution in [0.5, 0.6) is 0 Å². The number of fused-ring (bicyclic) bond motifs is 1. The van der Waals surface area contributed by atoms with E-state index in [0.29, 0.717) is 12.5 Å². The molecule has 3 atom stereocenters. The van der Waals surface area contributed by atoms with E-state index in [4.69, 9.17) is 0 Å². The molecule has 0 aromatic rings. The van der Waals surface area contributed by atoms with Crippen molar-refractivity contribution in [3.63, 3.8) is 0 Å². The minimum absolute atomic E-state index is 0.00342. The second-order valence-electron chi connectivity index (χ2n) is 6.74. The third kappa shape index (κ3) is 3.43. The molecule has 1 saturated carbocycles. The van der Waals surface area contributed by atoms with Gasteiger partial charge >= 0.3 is 0 Å². The summed E-state index contributed by atoms with van der Waals surface area (Å²) < 4.78 is 0. The van der Waals surface area contributed by atoms with Gasteiger partial charge in [-0.3, -0.25) is 9.59 Å². The van der Waals surface area contributed by atoms with Crippen molar-refractivity contribution in [2.75, 3.05) is 32.7 Å². The van der Waals surface area contributed by atoms with Gasteiger partial charge in [-0.15, -0.1) is 0 Å². The highest BCUT2D eigenvalue weighted by molar-refractivity contribution is 5.89. The van der Waals surface area contributed by atoms with Crippen molar-refractivity contribution in [2.45, 2.75) is 57.2 Å². The zero-order valence-electron chi connectivity index (χ0n) is 13.5. The minimum atomic E-state index is -0.351. The van der Waals surface area contributed by atoms with Gasteiger partial charge in [-0.1, -0.05) is 19.8 Å². The number of nitrogens with zero attached hydrogens (tertiary/aromatic N) is 2. The lowest BCUT2D eigenvalue weighted by atomic mass is 9.87. The second kappa shape index (κ2) is 6.96. The summed E-state index contributed by atoms with van der Waals surface area (Å²) in [6, 6.07) is 0.262. The van der Waals surface area contributed by atoms with Crippen LogP contribution < -0.4 is 10.6 Å². The van der Waals surface area contributed by atoms with Gasteiger partial charge in [-0.25, -0.2) is 0 Å². The van der Waals surface area contributed by atoms with Crippen molar-refractivity contribution in [1.29, 1.82) is 0 Å². The third-order valence-electron chi connectivity index (χ3n) is 5.38. The van der Waals surface area contributed by atoms with Crippen LogP contribution in [0.3, 0.4) is 0 Å². The molecule has 2 heterocycles. The Labute approximate surface area is 132 Å². The molecular formula is C16H28N4O2. The van der Waals surface area contributed by atoms with Crippen LogP contribution in [0.15, 0.2) is 0 Å². The Morgan fingerprint density at radius 1 is 1.14 bits per heavy atom. The summed E-state index contributed by atoms with van der Waals surface area (Å²) in [4.78, 5) is 28.9. The molecule has 0 bridgehead atoms. The van der Waals surface area contributed by atoms with Crippen molar-refractivity contribution < 1.29 is 9.59 Å². The number of hydrogen-bond acceptors (Lipinski definition) is 4. The quantitative estimate of drug-likeness (QED) is 0.767. The molecule has 0 radical (unpaired) electrons. The Bertz CT molecular complexity index is 420. The van der Waals surface area contributed by atoms with Crippen molar-refractivity contribution in [3.8, 4) is 0 Å².